The zero-order valence-electron chi connectivity index (χ0n) is 13.3. The van der Waals surface area contributed by atoms with Crippen molar-refractivity contribution >= 4 is 16.8 Å². The summed E-state index contributed by atoms with van der Waals surface area (Å²) in [5.74, 6) is -0.146. The lowest BCUT2D eigenvalue weighted by atomic mass is 10.1. The normalized spacial score (nSPS) is 10.8. The van der Waals surface area contributed by atoms with Crippen LogP contribution in [-0.4, -0.2) is 22.0 Å². The number of benzene rings is 1. The molecule has 2 aromatic rings. The molecule has 0 fully saturated rings. The van der Waals surface area contributed by atoms with Gasteiger partial charge in [0.2, 0.25) is 5.91 Å². The minimum Gasteiger partial charge on any atom is -0.355 e. The maximum atomic E-state index is 12.4. The van der Waals surface area contributed by atoms with Gasteiger partial charge in [0.15, 0.2) is 0 Å². The topological polar surface area (TPSA) is 64.0 Å². The summed E-state index contributed by atoms with van der Waals surface area (Å²) >= 11 is 0. The number of nitrogens with one attached hydrogen (secondary N) is 1. The van der Waals surface area contributed by atoms with E-state index < -0.39 is 0 Å². The Balaban J connectivity index is 2.01. The molecule has 0 spiro atoms. The Bertz CT molecular complexity index is 707. The first-order valence-corrected chi connectivity index (χ1v) is 7.85. The number of carbonyl (C=O) groups is 1. The van der Waals surface area contributed by atoms with E-state index in [1.54, 1.807) is 6.07 Å². The molecule has 0 saturated carbocycles. The number of rotatable bonds is 7. The third-order valence-corrected chi connectivity index (χ3v) is 3.72. The molecule has 5 heteroatoms. The van der Waals surface area contributed by atoms with E-state index >= 15 is 0 Å². The molecule has 0 aliphatic rings. The number of nitrogens with zero attached hydrogens (tertiary/aromatic N) is 2. The highest BCUT2D eigenvalue weighted by atomic mass is 16.2. The summed E-state index contributed by atoms with van der Waals surface area (Å²) < 4.78 is 1.36. The maximum Gasteiger partial charge on any atom is 0.261 e. The molecule has 1 aromatic carbocycles. The Morgan fingerprint density at radius 1 is 1.27 bits per heavy atom. The smallest absolute Gasteiger partial charge is 0.261 e. The van der Waals surface area contributed by atoms with Gasteiger partial charge in [-0.1, -0.05) is 38.3 Å². The molecule has 1 heterocycles. The van der Waals surface area contributed by atoms with Crippen LogP contribution < -0.4 is 10.9 Å². The van der Waals surface area contributed by atoms with Crippen LogP contribution in [-0.2, 0) is 11.3 Å². The van der Waals surface area contributed by atoms with E-state index in [2.05, 4.69) is 17.2 Å². The molecule has 0 aliphatic heterocycles. The van der Waals surface area contributed by atoms with Crippen molar-refractivity contribution in [2.45, 2.75) is 46.1 Å². The molecule has 5 nitrogen and oxygen atoms in total. The number of carbonyl (C=O) groups excluding carboxylic acids is 1. The lowest BCUT2D eigenvalue weighted by Crippen LogP contribution is -2.33. The molecular formula is C17H23N3O2. The fourth-order valence-electron chi connectivity index (χ4n) is 2.44. The van der Waals surface area contributed by atoms with Crippen LogP contribution in [0.15, 0.2) is 29.3 Å². The van der Waals surface area contributed by atoms with E-state index in [1.807, 2.05) is 19.1 Å². The molecule has 0 unspecified atom stereocenters. The van der Waals surface area contributed by atoms with Gasteiger partial charge >= 0.3 is 0 Å². The number of aryl methyl sites for hydroxylation is 1. The average Bonchev–Trinajstić information content (AvgIpc) is 2.50. The van der Waals surface area contributed by atoms with Crippen LogP contribution in [0, 0.1) is 6.92 Å². The second kappa shape index (κ2) is 7.73. The fourth-order valence-corrected chi connectivity index (χ4v) is 2.44. The Hall–Kier alpha value is -2.17. The molecule has 0 radical (unpaired) electrons. The van der Waals surface area contributed by atoms with Gasteiger partial charge in [0, 0.05) is 6.54 Å². The van der Waals surface area contributed by atoms with Crippen LogP contribution in [0.1, 0.15) is 38.2 Å². The predicted molar refractivity (Wildman–Crippen MR) is 87.9 cm³/mol. The van der Waals surface area contributed by atoms with Gasteiger partial charge < -0.3 is 5.32 Å². The van der Waals surface area contributed by atoms with Crippen LogP contribution in [0.3, 0.4) is 0 Å². The minimum absolute atomic E-state index is 0.0174. The number of amides is 1. The van der Waals surface area contributed by atoms with Gasteiger partial charge in [-0.3, -0.25) is 14.2 Å². The van der Waals surface area contributed by atoms with Gasteiger partial charge in [-0.05, 0) is 25.0 Å². The standard InChI is InChI=1S/C17H23N3O2/c1-3-4-5-6-10-18-15(21)11-20-12-19-16-13(2)8-7-9-14(16)17(20)22/h7-9,12H,3-6,10-11H2,1-2H3,(H,18,21). The minimum atomic E-state index is -0.171. The number of hydrogen-bond acceptors (Lipinski definition) is 3. The van der Waals surface area contributed by atoms with Crippen LogP contribution in [0.4, 0.5) is 0 Å². The van der Waals surface area contributed by atoms with Gasteiger partial charge in [0.25, 0.3) is 5.56 Å². The SMILES string of the molecule is CCCCCCNC(=O)Cn1cnc2c(C)cccc2c1=O. The Morgan fingerprint density at radius 3 is 2.86 bits per heavy atom. The Morgan fingerprint density at radius 2 is 2.09 bits per heavy atom. The highest BCUT2D eigenvalue weighted by molar-refractivity contribution is 5.81. The van der Waals surface area contributed by atoms with Crippen LogP contribution in [0.2, 0.25) is 0 Å². The van der Waals surface area contributed by atoms with Gasteiger partial charge in [-0.25, -0.2) is 4.98 Å². The predicted octanol–water partition coefficient (Wildman–Crippen LogP) is 2.40. The van der Waals surface area contributed by atoms with E-state index in [-0.39, 0.29) is 18.0 Å². The number of unbranched alkanes of at least 4 members (excludes halogenated alkanes) is 3. The first-order valence-electron chi connectivity index (χ1n) is 7.85. The monoisotopic (exact) mass is 301 g/mol. The summed E-state index contributed by atoms with van der Waals surface area (Å²) in [6.45, 7) is 4.75. The van der Waals surface area contributed by atoms with Crippen molar-refractivity contribution in [1.82, 2.24) is 14.9 Å². The largest absolute Gasteiger partial charge is 0.355 e. The van der Waals surface area contributed by atoms with Gasteiger partial charge in [-0.15, -0.1) is 0 Å². The van der Waals surface area contributed by atoms with Crippen molar-refractivity contribution in [3.63, 3.8) is 0 Å². The van der Waals surface area contributed by atoms with Crippen LogP contribution in [0.25, 0.3) is 10.9 Å². The van der Waals surface area contributed by atoms with Crippen molar-refractivity contribution in [3.05, 3.63) is 40.4 Å². The first kappa shape index (κ1) is 16.2. The second-order valence-corrected chi connectivity index (χ2v) is 5.56. The lowest BCUT2D eigenvalue weighted by Gasteiger charge is -2.08. The molecule has 0 bridgehead atoms. The van der Waals surface area contributed by atoms with Crippen molar-refractivity contribution in [2.24, 2.45) is 0 Å². The lowest BCUT2D eigenvalue weighted by molar-refractivity contribution is -0.121. The quantitative estimate of drug-likeness (QED) is 0.799. The Labute approximate surface area is 130 Å². The summed E-state index contributed by atoms with van der Waals surface area (Å²) in [6, 6.07) is 5.50. The van der Waals surface area contributed by atoms with Crippen molar-refractivity contribution in [2.75, 3.05) is 6.54 Å². The van der Waals surface area contributed by atoms with Gasteiger partial charge in [0.1, 0.15) is 6.54 Å². The molecule has 22 heavy (non-hydrogen) atoms. The Kier molecular flexibility index (Phi) is 5.69. The number of para-hydroxylation sites is 1. The first-order chi connectivity index (χ1) is 10.6. The van der Waals surface area contributed by atoms with E-state index in [0.29, 0.717) is 17.4 Å². The summed E-state index contributed by atoms with van der Waals surface area (Å²) in [5.41, 5.74) is 1.49. The van der Waals surface area contributed by atoms with Crippen LogP contribution in [0.5, 0.6) is 0 Å². The molecule has 0 atom stereocenters. The zero-order chi connectivity index (χ0) is 15.9. The van der Waals surface area contributed by atoms with E-state index in [1.165, 1.54) is 23.7 Å². The number of hydrogen-bond donors (Lipinski definition) is 1. The van der Waals surface area contributed by atoms with Crippen molar-refractivity contribution in [3.8, 4) is 0 Å². The average molecular weight is 301 g/mol. The molecule has 2 rings (SSSR count). The molecule has 0 saturated heterocycles. The maximum absolute atomic E-state index is 12.4. The van der Waals surface area contributed by atoms with E-state index in [9.17, 15) is 9.59 Å². The summed E-state index contributed by atoms with van der Waals surface area (Å²) in [6.07, 6.45) is 5.90. The summed E-state index contributed by atoms with van der Waals surface area (Å²) in [7, 11) is 0. The molecule has 118 valence electrons. The second-order valence-electron chi connectivity index (χ2n) is 5.56. The van der Waals surface area contributed by atoms with Gasteiger partial charge in [-0.2, -0.15) is 0 Å². The summed E-state index contributed by atoms with van der Waals surface area (Å²) in [5, 5.41) is 3.40. The van der Waals surface area contributed by atoms with Crippen molar-refractivity contribution < 1.29 is 4.79 Å². The molecule has 1 N–H and O–H groups in total. The zero-order valence-corrected chi connectivity index (χ0v) is 13.3. The van der Waals surface area contributed by atoms with E-state index in [4.69, 9.17) is 0 Å². The molecule has 1 aromatic heterocycles. The molecule has 0 aliphatic carbocycles. The third-order valence-electron chi connectivity index (χ3n) is 3.72. The highest BCUT2D eigenvalue weighted by Crippen LogP contribution is 2.11. The summed E-state index contributed by atoms with van der Waals surface area (Å²) in [4.78, 5) is 28.6. The fraction of sp³-hybridized carbons (Fsp3) is 0.471. The van der Waals surface area contributed by atoms with Crippen LogP contribution >= 0.6 is 0 Å². The number of fused-ring (bicyclic) bond motifs is 1. The number of aromatic nitrogens is 2. The van der Waals surface area contributed by atoms with E-state index in [0.717, 1.165) is 18.4 Å². The highest BCUT2D eigenvalue weighted by Gasteiger charge is 2.08. The molecular weight excluding hydrogens is 278 g/mol. The van der Waals surface area contributed by atoms with Gasteiger partial charge in [0.05, 0.1) is 17.2 Å². The molecule has 1 amide bonds. The third kappa shape index (κ3) is 3.93. The van der Waals surface area contributed by atoms with Crippen molar-refractivity contribution in [1.29, 1.82) is 0 Å².